The van der Waals surface area contributed by atoms with Crippen LogP contribution in [0.4, 0.5) is 11.4 Å². The van der Waals surface area contributed by atoms with Crippen LogP contribution >= 0.6 is 23.4 Å². The summed E-state index contributed by atoms with van der Waals surface area (Å²) in [5.74, 6) is 0.596. The van der Waals surface area contributed by atoms with E-state index in [-0.39, 0.29) is 22.8 Å². The minimum absolute atomic E-state index is 0.165. The van der Waals surface area contributed by atoms with Gasteiger partial charge in [-0.1, -0.05) is 17.7 Å². The Labute approximate surface area is 168 Å². The molecular formula is C20H23ClN2O3S. The highest BCUT2D eigenvalue weighted by molar-refractivity contribution is 8.01. The lowest BCUT2D eigenvalue weighted by Gasteiger charge is -2.13. The van der Waals surface area contributed by atoms with Crippen molar-refractivity contribution in [3.8, 4) is 5.75 Å². The molecule has 2 amide bonds. The molecule has 0 fully saturated rings. The lowest BCUT2D eigenvalue weighted by molar-refractivity contribution is -0.115. The number of thioether (sulfide) groups is 1. The summed E-state index contributed by atoms with van der Waals surface area (Å²) in [4.78, 5) is 24.3. The summed E-state index contributed by atoms with van der Waals surface area (Å²) in [5, 5.41) is 5.84. The van der Waals surface area contributed by atoms with Crippen molar-refractivity contribution in [2.45, 2.75) is 26.0 Å². The van der Waals surface area contributed by atoms with Gasteiger partial charge in [-0.15, -0.1) is 11.8 Å². The van der Waals surface area contributed by atoms with Gasteiger partial charge >= 0.3 is 0 Å². The Hall–Kier alpha value is -2.18. The van der Waals surface area contributed by atoms with Gasteiger partial charge in [-0.3, -0.25) is 9.59 Å². The second kappa shape index (κ2) is 10.2. The Kier molecular flexibility index (Phi) is 8.00. The van der Waals surface area contributed by atoms with E-state index in [1.54, 1.807) is 43.3 Å². The molecule has 2 aromatic carbocycles. The molecule has 5 nitrogen and oxygen atoms in total. The standard InChI is InChI=1S/C20H23ClN2O3S/c1-4-26-17-9-7-15(8-10-17)22-19(24)12-27-14(3)20(25)23-16-6-5-13(2)18(21)11-16/h5-11,14H,4,12H2,1-3H3,(H,22,24)(H,23,25). The molecule has 0 aliphatic carbocycles. The average molecular weight is 407 g/mol. The first-order valence-electron chi connectivity index (χ1n) is 8.60. The smallest absolute Gasteiger partial charge is 0.237 e. The summed E-state index contributed by atoms with van der Waals surface area (Å²) in [5.41, 5.74) is 2.28. The van der Waals surface area contributed by atoms with Crippen LogP contribution in [0.3, 0.4) is 0 Å². The van der Waals surface area contributed by atoms with Crippen molar-refractivity contribution < 1.29 is 14.3 Å². The number of anilines is 2. The number of carbonyl (C=O) groups excluding carboxylic acids is 2. The third-order valence-corrected chi connectivity index (χ3v) is 5.27. The van der Waals surface area contributed by atoms with E-state index in [1.807, 2.05) is 19.9 Å². The molecule has 0 aliphatic heterocycles. The van der Waals surface area contributed by atoms with E-state index in [4.69, 9.17) is 16.3 Å². The van der Waals surface area contributed by atoms with Crippen LogP contribution in [0.5, 0.6) is 5.75 Å². The second-order valence-electron chi connectivity index (χ2n) is 5.91. The first-order chi connectivity index (χ1) is 12.9. The zero-order chi connectivity index (χ0) is 19.8. The number of rotatable bonds is 8. The van der Waals surface area contributed by atoms with E-state index in [0.29, 0.717) is 23.0 Å². The van der Waals surface area contributed by atoms with Crippen LogP contribution in [0.25, 0.3) is 0 Å². The fraction of sp³-hybridized carbons (Fsp3) is 0.300. The molecule has 0 saturated carbocycles. The molecule has 7 heteroatoms. The van der Waals surface area contributed by atoms with Crippen LogP contribution in [0.1, 0.15) is 19.4 Å². The number of amides is 2. The van der Waals surface area contributed by atoms with E-state index >= 15 is 0 Å². The third kappa shape index (κ3) is 6.81. The summed E-state index contributed by atoms with van der Waals surface area (Å²) in [6.45, 7) is 6.17. The van der Waals surface area contributed by atoms with Gasteiger partial charge in [0, 0.05) is 16.4 Å². The summed E-state index contributed by atoms with van der Waals surface area (Å²) < 4.78 is 5.36. The van der Waals surface area contributed by atoms with Gasteiger partial charge in [-0.05, 0) is 62.7 Å². The molecule has 0 heterocycles. The van der Waals surface area contributed by atoms with E-state index in [9.17, 15) is 9.59 Å². The number of hydrogen-bond donors (Lipinski definition) is 2. The van der Waals surface area contributed by atoms with Crippen molar-refractivity contribution in [1.29, 1.82) is 0 Å². The molecular weight excluding hydrogens is 384 g/mol. The predicted molar refractivity (Wildman–Crippen MR) is 113 cm³/mol. The summed E-state index contributed by atoms with van der Waals surface area (Å²) >= 11 is 7.33. The molecule has 1 unspecified atom stereocenters. The fourth-order valence-corrected chi connectivity index (χ4v) is 3.05. The van der Waals surface area contributed by atoms with Crippen molar-refractivity contribution in [3.05, 3.63) is 53.1 Å². The number of benzene rings is 2. The molecule has 0 aromatic heterocycles. The summed E-state index contributed by atoms with van der Waals surface area (Å²) in [7, 11) is 0. The van der Waals surface area contributed by atoms with Crippen molar-refractivity contribution in [2.75, 3.05) is 23.0 Å². The minimum atomic E-state index is -0.379. The molecule has 0 saturated heterocycles. The molecule has 0 radical (unpaired) electrons. The molecule has 0 aliphatic rings. The minimum Gasteiger partial charge on any atom is -0.494 e. The van der Waals surface area contributed by atoms with E-state index in [0.717, 1.165) is 11.3 Å². The Morgan fingerprint density at radius 2 is 1.78 bits per heavy atom. The van der Waals surface area contributed by atoms with Crippen molar-refractivity contribution >= 4 is 46.6 Å². The normalized spacial score (nSPS) is 11.6. The second-order valence-corrected chi connectivity index (χ2v) is 7.65. The molecule has 27 heavy (non-hydrogen) atoms. The lowest BCUT2D eigenvalue weighted by Crippen LogP contribution is -2.25. The largest absolute Gasteiger partial charge is 0.494 e. The third-order valence-electron chi connectivity index (χ3n) is 3.72. The molecule has 1 atom stereocenters. The lowest BCUT2D eigenvalue weighted by atomic mass is 10.2. The number of ether oxygens (including phenoxy) is 1. The van der Waals surface area contributed by atoms with Gasteiger partial charge in [0.2, 0.25) is 11.8 Å². The van der Waals surface area contributed by atoms with Gasteiger partial charge in [0.25, 0.3) is 0 Å². The van der Waals surface area contributed by atoms with Gasteiger partial charge in [-0.25, -0.2) is 0 Å². The molecule has 144 valence electrons. The average Bonchev–Trinajstić information content (AvgIpc) is 2.64. The van der Waals surface area contributed by atoms with Crippen molar-refractivity contribution in [1.82, 2.24) is 0 Å². The predicted octanol–water partition coefficient (Wildman–Crippen LogP) is 4.75. The van der Waals surface area contributed by atoms with Crippen LogP contribution in [0.2, 0.25) is 5.02 Å². The first kappa shape index (κ1) is 21.1. The zero-order valence-electron chi connectivity index (χ0n) is 15.5. The first-order valence-corrected chi connectivity index (χ1v) is 10.0. The molecule has 2 rings (SSSR count). The quantitative estimate of drug-likeness (QED) is 0.664. The SMILES string of the molecule is CCOc1ccc(NC(=O)CSC(C)C(=O)Nc2ccc(C)c(Cl)c2)cc1. The van der Waals surface area contributed by atoms with Gasteiger partial charge in [0.15, 0.2) is 0 Å². The highest BCUT2D eigenvalue weighted by Gasteiger charge is 2.16. The van der Waals surface area contributed by atoms with Crippen LogP contribution in [-0.2, 0) is 9.59 Å². The molecule has 0 bridgehead atoms. The van der Waals surface area contributed by atoms with Crippen LogP contribution in [0, 0.1) is 6.92 Å². The van der Waals surface area contributed by atoms with Crippen LogP contribution < -0.4 is 15.4 Å². The maximum absolute atomic E-state index is 12.3. The van der Waals surface area contributed by atoms with Crippen LogP contribution in [0.15, 0.2) is 42.5 Å². The Morgan fingerprint density at radius 1 is 1.11 bits per heavy atom. The Balaban J connectivity index is 1.79. The topological polar surface area (TPSA) is 67.4 Å². The van der Waals surface area contributed by atoms with Crippen molar-refractivity contribution in [3.63, 3.8) is 0 Å². The summed E-state index contributed by atoms with van der Waals surface area (Å²) in [6.07, 6.45) is 0. The highest BCUT2D eigenvalue weighted by atomic mass is 35.5. The van der Waals surface area contributed by atoms with Crippen molar-refractivity contribution in [2.24, 2.45) is 0 Å². The number of halogens is 1. The fourth-order valence-electron chi connectivity index (χ4n) is 2.19. The number of aryl methyl sites for hydroxylation is 1. The molecule has 0 spiro atoms. The highest BCUT2D eigenvalue weighted by Crippen LogP contribution is 2.21. The van der Waals surface area contributed by atoms with Crippen LogP contribution in [-0.4, -0.2) is 29.4 Å². The molecule has 2 aromatic rings. The number of carbonyl (C=O) groups is 2. The number of hydrogen-bond acceptors (Lipinski definition) is 4. The van der Waals surface area contributed by atoms with E-state index in [2.05, 4.69) is 10.6 Å². The summed E-state index contributed by atoms with van der Waals surface area (Å²) in [6, 6.07) is 12.5. The van der Waals surface area contributed by atoms with Gasteiger partial charge < -0.3 is 15.4 Å². The maximum Gasteiger partial charge on any atom is 0.237 e. The Morgan fingerprint density at radius 3 is 2.41 bits per heavy atom. The molecule has 2 N–H and O–H groups in total. The zero-order valence-corrected chi connectivity index (χ0v) is 17.1. The number of nitrogens with one attached hydrogen (secondary N) is 2. The van der Waals surface area contributed by atoms with Gasteiger partial charge in [0.1, 0.15) is 5.75 Å². The van der Waals surface area contributed by atoms with E-state index in [1.165, 1.54) is 11.8 Å². The Bertz CT molecular complexity index is 796. The maximum atomic E-state index is 12.3. The van der Waals surface area contributed by atoms with Gasteiger partial charge in [0.05, 0.1) is 17.6 Å². The van der Waals surface area contributed by atoms with Gasteiger partial charge in [-0.2, -0.15) is 0 Å². The monoisotopic (exact) mass is 406 g/mol. The van der Waals surface area contributed by atoms with E-state index < -0.39 is 0 Å².